The van der Waals surface area contributed by atoms with Crippen molar-refractivity contribution in [2.24, 2.45) is 5.73 Å². The number of aryl methyl sites for hydroxylation is 1. The van der Waals surface area contributed by atoms with Crippen LogP contribution in [0, 0.1) is 6.92 Å². The van der Waals surface area contributed by atoms with E-state index in [2.05, 4.69) is 20.7 Å². The molecule has 0 unspecified atom stereocenters. The molecule has 1 heterocycles. The summed E-state index contributed by atoms with van der Waals surface area (Å²) in [4.78, 5) is 11.5. The fourth-order valence-electron chi connectivity index (χ4n) is 1.64. The number of sulfonamides is 1. The zero-order valence-corrected chi connectivity index (χ0v) is 13.6. The second kappa shape index (κ2) is 5.55. The van der Waals surface area contributed by atoms with Crippen LogP contribution in [0.15, 0.2) is 39.0 Å². The molecule has 0 saturated carbocycles. The molecule has 1 aromatic heterocycles. The van der Waals surface area contributed by atoms with Gasteiger partial charge in [-0.1, -0.05) is 22.0 Å². The van der Waals surface area contributed by atoms with E-state index < -0.39 is 15.9 Å². The number of carbonyl (C=O) groups is 1. The minimum absolute atomic E-state index is 0.147. The third-order valence-electron chi connectivity index (χ3n) is 2.57. The number of nitrogens with one attached hydrogen (secondary N) is 1. The highest BCUT2D eigenvalue weighted by molar-refractivity contribution is 9.10. The van der Waals surface area contributed by atoms with E-state index in [-0.39, 0.29) is 15.5 Å². The molecular weight excluding hydrogens is 364 g/mol. The maximum atomic E-state index is 12.4. The van der Waals surface area contributed by atoms with Crippen molar-refractivity contribution in [3.8, 4) is 0 Å². The van der Waals surface area contributed by atoms with Crippen molar-refractivity contribution in [3.05, 3.63) is 44.6 Å². The van der Waals surface area contributed by atoms with E-state index in [0.29, 0.717) is 10.0 Å². The first-order valence-electron chi connectivity index (χ1n) is 5.47. The van der Waals surface area contributed by atoms with Crippen molar-refractivity contribution in [1.82, 2.24) is 0 Å². The second-order valence-electron chi connectivity index (χ2n) is 4.04. The highest BCUT2D eigenvalue weighted by Gasteiger charge is 2.20. The number of hydrogen-bond donors (Lipinski definition) is 2. The summed E-state index contributed by atoms with van der Waals surface area (Å²) >= 11 is 4.33. The summed E-state index contributed by atoms with van der Waals surface area (Å²) in [6.45, 7) is 1.70. The Morgan fingerprint density at radius 3 is 2.70 bits per heavy atom. The third-order valence-corrected chi connectivity index (χ3v) is 5.50. The quantitative estimate of drug-likeness (QED) is 0.861. The molecule has 5 nitrogen and oxygen atoms in total. The SMILES string of the molecule is Cc1ccc(Br)cc1S(=O)(=O)Nc1ccsc1C(N)=O. The minimum Gasteiger partial charge on any atom is -0.365 e. The average molecular weight is 375 g/mol. The van der Waals surface area contributed by atoms with E-state index in [0.717, 1.165) is 11.3 Å². The lowest BCUT2D eigenvalue weighted by Crippen LogP contribution is -2.17. The van der Waals surface area contributed by atoms with Crippen LogP contribution in [-0.2, 0) is 10.0 Å². The van der Waals surface area contributed by atoms with Gasteiger partial charge in [-0.3, -0.25) is 9.52 Å². The summed E-state index contributed by atoms with van der Waals surface area (Å²) < 4.78 is 27.8. The van der Waals surface area contributed by atoms with Gasteiger partial charge in [-0.05, 0) is 36.1 Å². The van der Waals surface area contributed by atoms with Crippen LogP contribution in [0.25, 0.3) is 0 Å². The van der Waals surface area contributed by atoms with Gasteiger partial charge in [0, 0.05) is 4.47 Å². The van der Waals surface area contributed by atoms with E-state index in [1.165, 1.54) is 12.1 Å². The Hall–Kier alpha value is -1.38. The number of primary amides is 1. The molecule has 20 heavy (non-hydrogen) atoms. The second-order valence-corrected chi connectivity index (χ2v) is 7.53. The summed E-state index contributed by atoms with van der Waals surface area (Å²) in [5, 5.41) is 1.60. The third kappa shape index (κ3) is 3.02. The molecule has 0 saturated heterocycles. The molecule has 1 aromatic carbocycles. The van der Waals surface area contributed by atoms with Crippen molar-refractivity contribution in [2.45, 2.75) is 11.8 Å². The van der Waals surface area contributed by atoms with Crippen LogP contribution < -0.4 is 10.5 Å². The number of halogens is 1. The van der Waals surface area contributed by atoms with E-state index in [9.17, 15) is 13.2 Å². The number of rotatable bonds is 4. The highest BCUT2D eigenvalue weighted by Crippen LogP contribution is 2.27. The van der Waals surface area contributed by atoms with Gasteiger partial charge >= 0.3 is 0 Å². The molecule has 0 radical (unpaired) electrons. The van der Waals surface area contributed by atoms with Gasteiger partial charge in [0.15, 0.2) is 0 Å². The normalized spacial score (nSPS) is 11.3. The lowest BCUT2D eigenvalue weighted by molar-refractivity contribution is 0.100. The summed E-state index contributed by atoms with van der Waals surface area (Å²) in [6.07, 6.45) is 0. The highest BCUT2D eigenvalue weighted by atomic mass is 79.9. The fourth-order valence-corrected chi connectivity index (χ4v) is 4.27. The number of benzene rings is 1. The van der Waals surface area contributed by atoms with Crippen molar-refractivity contribution in [1.29, 1.82) is 0 Å². The van der Waals surface area contributed by atoms with Gasteiger partial charge in [-0.2, -0.15) is 0 Å². The molecule has 0 atom stereocenters. The van der Waals surface area contributed by atoms with Crippen molar-refractivity contribution >= 4 is 48.9 Å². The van der Waals surface area contributed by atoms with Gasteiger partial charge in [0.25, 0.3) is 15.9 Å². The summed E-state index contributed by atoms with van der Waals surface area (Å²) in [5.74, 6) is -0.663. The van der Waals surface area contributed by atoms with Gasteiger partial charge in [0.05, 0.1) is 10.6 Å². The topological polar surface area (TPSA) is 89.3 Å². The number of anilines is 1. The van der Waals surface area contributed by atoms with Crippen LogP contribution in [0.5, 0.6) is 0 Å². The molecule has 0 aliphatic heterocycles. The Balaban J connectivity index is 2.44. The van der Waals surface area contributed by atoms with Crippen LogP contribution in [-0.4, -0.2) is 14.3 Å². The fraction of sp³-hybridized carbons (Fsp3) is 0.0833. The summed E-state index contributed by atoms with van der Waals surface area (Å²) in [6, 6.07) is 6.47. The molecule has 2 aromatic rings. The Morgan fingerprint density at radius 2 is 2.05 bits per heavy atom. The lowest BCUT2D eigenvalue weighted by atomic mass is 10.2. The first-order chi connectivity index (χ1) is 9.31. The molecular formula is C12H11BrN2O3S2. The molecule has 0 fully saturated rings. The Bertz CT molecular complexity index is 769. The largest absolute Gasteiger partial charge is 0.365 e. The van der Waals surface area contributed by atoms with Crippen molar-refractivity contribution in [2.75, 3.05) is 4.72 Å². The molecule has 106 valence electrons. The smallest absolute Gasteiger partial charge is 0.262 e. The number of nitrogens with two attached hydrogens (primary N) is 1. The minimum atomic E-state index is -3.77. The maximum Gasteiger partial charge on any atom is 0.262 e. The van der Waals surface area contributed by atoms with Crippen LogP contribution in [0.4, 0.5) is 5.69 Å². The molecule has 8 heteroatoms. The molecule has 0 spiro atoms. The molecule has 1 amide bonds. The number of carbonyl (C=O) groups excluding carboxylic acids is 1. The van der Waals surface area contributed by atoms with Gasteiger partial charge < -0.3 is 5.73 Å². The van der Waals surface area contributed by atoms with Crippen LogP contribution in [0.1, 0.15) is 15.2 Å². The monoisotopic (exact) mass is 374 g/mol. The molecule has 3 N–H and O–H groups in total. The number of amides is 1. The molecule has 0 aliphatic rings. The Kier molecular flexibility index (Phi) is 4.17. The first-order valence-corrected chi connectivity index (χ1v) is 8.63. The summed E-state index contributed by atoms with van der Waals surface area (Å²) in [7, 11) is -3.77. The van der Waals surface area contributed by atoms with E-state index in [1.54, 1.807) is 24.4 Å². The summed E-state index contributed by atoms with van der Waals surface area (Å²) in [5.41, 5.74) is 6.00. The van der Waals surface area contributed by atoms with Crippen molar-refractivity contribution < 1.29 is 13.2 Å². The van der Waals surface area contributed by atoms with Gasteiger partial charge in [0.1, 0.15) is 4.88 Å². The average Bonchev–Trinajstić information content (AvgIpc) is 2.79. The van der Waals surface area contributed by atoms with Crippen LogP contribution in [0.3, 0.4) is 0 Å². The standard InChI is InChI=1S/C12H11BrN2O3S2/c1-7-2-3-8(13)6-10(7)20(17,18)15-9-4-5-19-11(9)12(14)16/h2-6,15H,1H3,(H2,14,16). The Labute approximate surface area is 129 Å². The zero-order valence-electron chi connectivity index (χ0n) is 10.4. The van der Waals surface area contributed by atoms with Gasteiger partial charge in [0.2, 0.25) is 0 Å². The number of hydrogen-bond acceptors (Lipinski definition) is 4. The van der Waals surface area contributed by atoms with E-state index >= 15 is 0 Å². The number of thiophene rings is 1. The van der Waals surface area contributed by atoms with Crippen molar-refractivity contribution in [3.63, 3.8) is 0 Å². The zero-order chi connectivity index (χ0) is 14.9. The van der Waals surface area contributed by atoms with E-state index in [1.807, 2.05) is 0 Å². The lowest BCUT2D eigenvalue weighted by Gasteiger charge is -2.10. The van der Waals surface area contributed by atoms with Crippen LogP contribution >= 0.6 is 27.3 Å². The molecule has 0 aliphatic carbocycles. The van der Waals surface area contributed by atoms with E-state index in [4.69, 9.17) is 5.73 Å². The van der Waals surface area contributed by atoms with Crippen LogP contribution in [0.2, 0.25) is 0 Å². The molecule has 2 rings (SSSR count). The molecule has 0 bridgehead atoms. The maximum absolute atomic E-state index is 12.4. The van der Waals surface area contributed by atoms with Gasteiger partial charge in [-0.25, -0.2) is 8.42 Å². The first kappa shape index (κ1) is 15.0. The predicted octanol–water partition coefficient (Wildman–Crippen LogP) is 2.72. The predicted molar refractivity (Wildman–Crippen MR) is 82.5 cm³/mol. The van der Waals surface area contributed by atoms with Gasteiger partial charge in [-0.15, -0.1) is 11.3 Å². The Morgan fingerprint density at radius 1 is 1.35 bits per heavy atom.